The Labute approximate surface area is 174 Å². The Morgan fingerprint density at radius 2 is 1.45 bits per heavy atom. The third-order valence-electron chi connectivity index (χ3n) is 5.85. The van der Waals surface area contributed by atoms with Crippen molar-refractivity contribution in [2.24, 2.45) is 0 Å². The lowest BCUT2D eigenvalue weighted by atomic mass is 10.0. The van der Waals surface area contributed by atoms with Crippen molar-refractivity contribution in [3.63, 3.8) is 0 Å². The van der Waals surface area contributed by atoms with Crippen molar-refractivity contribution < 1.29 is 21.6 Å². The minimum atomic E-state index is -3.68. The van der Waals surface area contributed by atoms with E-state index in [1.165, 1.54) is 32.9 Å². The Hall–Kier alpha value is -1.04. The molecule has 0 spiro atoms. The first kappa shape index (κ1) is 22.6. The van der Waals surface area contributed by atoms with Crippen molar-refractivity contribution in [1.82, 2.24) is 13.5 Å². The topological polar surface area (TPSA) is 87.2 Å². The van der Waals surface area contributed by atoms with E-state index in [1.807, 2.05) is 0 Å². The summed E-state index contributed by atoms with van der Waals surface area (Å²) in [6.07, 6.45) is 1.58. The molecule has 0 radical (unpaired) electrons. The summed E-state index contributed by atoms with van der Waals surface area (Å²) in [6.45, 7) is 7.39. The molecule has 0 N–H and O–H groups in total. The van der Waals surface area contributed by atoms with Gasteiger partial charge in [0.25, 0.3) is 0 Å². The summed E-state index contributed by atoms with van der Waals surface area (Å²) in [5, 5.41) is 0. The molecule has 29 heavy (non-hydrogen) atoms. The van der Waals surface area contributed by atoms with Crippen LogP contribution in [0.1, 0.15) is 26.7 Å². The first-order valence-corrected chi connectivity index (χ1v) is 12.9. The number of nitrogens with zero attached hydrogens (tertiary/aromatic N) is 3. The molecule has 2 heterocycles. The van der Waals surface area contributed by atoms with Gasteiger partial charge in [0.05, 0.1) is 23.0 Å². The van der Waals surface area contributed by atoms with E-state index < -0.39 is 20.0 Å². The van der Waals surface area contributed by atoms with Gasteiger partial charge in [0.2, 0.25) is 20.0 Å². The molecule has 10 heteroatoms. The predicted octanol–water partition coefficient (Wildman–Crippen LogP) is 1.20. The van der Waals surface area contributed by atoms with E-state index in [0.29, 0.717) is 32.3 Å². The van der Waals surface area contributed by atoms with E-state index >= 15 is 0 Å². The van der Waals surface area contributed by atoms with E-state index in [9.17, 15) is 16.8 Å². The zero-order valence-electron chi connectivity index (χ0n) is 17.3. The van der Waals surface area contributed by atoms with Gasteiger partial charge < -0.3 is 9.64 Å². The maximum atomic E-state index is 13.0. The van der Waals surface area contributed by atoms with Gasteiger partial charge in [-0.3, -0.25) is 0 Å². The minimum Gasteiger partial charge on any atom is -0.379 e. The van der Waals surface area contributed by atoms with Gasteiger partial charge in [-0.15, -0.1) is 0 Å². The number of sulfonamides is 2. The molecule has 8 nitrogen and oxygen atoms in total. The molecule has 0 amide bonds. The number of morpholine rings is 1. The van der Waals surface area contributed by atoms with Crippen LogP contribution in [0.15, 0.2) is 34.1 Å². The maximum absolute atomic E-state index is 13.0. The molecule has 2 saturated heterocycles. The molecule has 0 atom stereocenters. The van der Waals surface area contributed by atoms with Gasteiger partial charge >= 0.3 is 0 Å². The van der Waals surface area contributed by atoms with Crippen LogP contribution >= 0.6 is 0 Å². The lowest BCUT2D eigenvalue weighted by Crippen LogP contribution is -2.47. The van der Waals surface area contributed by atoms with Crippen LogP contribution in [-0.2, 0) is 24.8 Å². The zero-order valence-corrected chi connectivity index (χ0v) is 19.0. The first-order chi connectivity index (χ1) is 13.6. The molecule has 3 rings (SSSR count). The maximum Gasteiger partial charge on any atom is 0.243 e. The number of hydrogen-bond donors (Lipinski definition) is 0. The highest BCUT2D eigenvalue weighted by Gasteiger charge is 2.32. The largest absolute Gasteiger partial charge is 0.379 e. The number of hydrogen-bond acceptors (Lipinski definition) is 6. The van der Waals surface area contributed by atoms with Crippen LogP contribution in [0.25, 0.3) is 0 Å². The molecule has 0 aliphatic carbocycles. The standard InChI is InChI=1S/C19H31N3O5S2/c1-16(2)21-10-8-17(9-11-21)20(3)28(23,24)18-4-6-19(7-5-18)29(25,26)22-12-14-27-15-13-22/h4-7,16-17H,8-15H2,1-3H3. The van der Waals surface area contributed by atoms with Crippen LogP contribution < -0.4 is 0 Å². The fourth-order valence-electron chi connectivity index (χ4n) is 3.85. The first-order valence-electron chi connectivity index (χ1n) is 10.0. The monoisotopic (exact) mass is 445 g/mol. The van der Waals surface area contributed by atoms with Crippen molar-refractivity contribution in [2.75, 3.05) is 46.4 Å². The van der Waals surface area contributed by atoms with E-state index in [4.69, 9.17) is 4.74 Å². The Morgan fingerprint density at radius 1 is 0.931 bits per heavy atom. The number of benzene rings is 1. The average Bonchev–Trinajstić information content (AvgIpc) is 2.74. The lowest BCUT2D eigenvalue weighted by molar-refractivity contribution is 0.0730. The van der Waals surface area contributed by atoms with E-state index in [-0.39, 0.29) is 15.8 Å². The van der Waals surface area contributed by atoms with Gasteiger partial charge in [-0.25, -0.2) is 16.8 Å². The van der Waals surface area contributed by atoms with E-state index in [1.54, 1.807) is 7.05 Å². The van der Waals surface area contributed by atoms with Crippen molar-refractivity contribution in [3.05, 3.63) is 24.3 Å². The fourth-order valence-corrected chi connectivity index (χ4v) is 6.67. The van der Waals surface area contributed by atoms with Crippen molar-refractivity contribution in [1.29, 1.82) is 0 Å². The zero-order chi connectivity index (χ0) is 21.2. The van der Waals surface area contributed by atoms with Gasteiger partial charge in [0.1, 0.15) is 0 Å². The van der Waals surface area contributed by atoms with Crippen LogP contribution in [0.5, 0.6) is 0 Å². The van der Waals surface area contributed by atoms with Gasteiger partial charge in [0.15, 0.2) is 0 Å². The minimum absolute atomic E-state index is 0.0493. The summed E-state index contributed by atoms with van der Waals surface area (Å²) >= 11 is 0. The second-order valence-corrected chi connectivity index (χ2v) is 11.8. The number of rotatable bonds is 6. The predicted molar refractivity (Wildman–Crippen MR) is 111 cm³/mol. The van der Waals surface area contributed by atoms with E-state index in [2.05, 4.69) is 18.7 Å². The van der Waals surface area contributed by atoms with Crippen LogP contribution in [0.4, 0.5) is 0 Å². The lowest BCUT2D eigenvalue weighted by Gasteiger charge is -2.38. The molecule has 1 aromatic carbocycles. The summed E-state index contributed by atoms with van der Waals surface area (Å²) in [5.41, 5.74) is 0. The average molecular weight is 446 g/mol. The van der Waals surface area contributed by atoms with Gasteiger partial charge in [-0.2, -0.15) is 8.61 Å². The number of piperidine rings is 1. The number of ether oxygens (including phenoxy) is 1. The van der Waals surface area contributed by atoms with Crippen LogP contribution in [0, 0.1) is 0 Å². The third kappa shape index (κ3) is 4.83. The second-order valence-electron chi connectivity index (χ2n) is 7.87. The Kier molecular flexibility index (Phi) is 7.02. The molecule has 0 aromatic heterocycles. The quantitative estimate of drug-likeness (QED) is 0.654. The highest BCUT2D eigenvalue weighted by atomic mass is 32.2. The normalized spacial score (nSPS) is 21.1. The summed E-state index contributed by atoms with van der Waals surface area (Å²) in [4.78, 5) is 2.57. The highest BCUT2D eigenvalue weighted by molar-refractivity contribution is 7.89. The van der Waals surface area contributed by atoms with Gasteiger partial charge in [0, 0.05) is 32.2 Å². The van der Waals surface area contributed by atoms with Gasteiger partial charge in [-0.05, 0) is 64.0 Å². The molecule has 1 aromatic rings. The summed E-state index contributed by atoms with van der Waals surface area (Å²) in [5.74, 6) is 0. The van der Waals surface area contributed by atoms with E-state index in [0.717, 1.165) is 25.9 Å². The smallest absolute Gasteiger partial charge is 0.243 e. The third-order valence-corrected chi connectivity index (χ3v) is 9.69. The van der Waals surface area contributed by atoms with Crippen LogP contribution in [0.3, 0.4) is 0 Å². The SMILES string of the molecule is CC(C)N1CCC(N(C)S(=O)(=O)c2ccc(S(=O)(=O)N3CCOCC3)cc2)CC1. The van der Waals surface area contributed by atoms with Crippen LogP contribution in [-0.4, -0.2) is 88.9 Å². The molecule has 2 aliphatic heterocycles. The van der Waals surface area contributed by atoms with Crippen molar-refractivity contribution in [3.8, 4) is 0 Å². The summed E-state index contributed by atoms with van der Waals surface area (Å²) < 4.78 is 59.5. The van der Waals surface area contributed by atoms with Gasteiger partial charge in [-0.1, -0.05) is 0 Å². The second kappa shape index (κ2) is 8.99. The number of likely N-dealkylation sites (tertiary alicyclic amines) is 1. The fraction of sp³-hybridized carbons (Fsp3) is 0.684. The van der Waals surface area contributed by atoms with Crippen molar-refractivity contribution in [2.45, 2.75) is 48.6 Å². The molecular formula is C19H31N3O5S2. The molecule has 0 unspecified atom stereocenters. The Balaban J connectivity index is 1.73. The molecule has 2 fully saturated rings. The Bertz CT molecular complexity index is 886. The molecule has 164 valence electrons. The highest BCUT2D eigenvalue weighted by Crippen LogP contribution is 2.25. The summed E-state index contributed by atoms with van der Waals surface area (Å²) in [6, 6.07) is 5.95. The Morgan fingerprint density at radius 3 is 1.97 bits per heavy atom. The van der Waals surface area contributed by atoms with Crippen molar-refractivity contribution >= 4 is 20.0 Å². The van der Waals surface area contributed by atoms with Crippen LogP contribution in [0.2, 0.25) is 0 Å². The summed E-state index contributed by atoms with van der Waals surface area (Å²) in [7, 11) is -5.70. The molecule has 2 aliphatic rings. The molecule has 0 saturated carbocycles. The molecular weight excluding hydrogens is 414 g/mol. The molecule has 0 bridgehead atoms.